The molecule has 0 N–H and O–H groups in total. The van der Waals surface area contributed by atoms with Crippen LogP contribution in [-0.4, -0.2) is 34.2 Å². The zero-order valence-electron chi connectivity index (χ0n) is 17.2. The number of rotatable bonds is 5. The van der Waals surface area contributed by atoms with Crippen LogP contribution >= 0.6 is 11.3 Å². The van der Waals surface area contributed by atoms with E-state index in [2.05, 4.69) is 17.0 Å². The van der Waals surface area contributed by atoms with Crippen LogP contribution < -0.4 is 19.7 Å². The third-order valence-electron chi connectivity index (χ3n) is 5.32. The highest BCUT2D eigenvalue weighted by atomic mass is 32.1. The van der Waals surface area contributed by atoms with E-state index in [1.54, 1.807) is 11.9 Å². The van der Waals surface area contributed by atoms with E-state index in [0.29, 0.717) is 27.5 Å². The normalized spacial score (nSPS) is 15.0. The van der Waals surface area contributed by atoms with Gasteiger partial charge in [0, 0.05) is 18.2 Å². The number of anilines is 1. The average Bonchev–Trinajstić information content (AvgIpc) is 3.41. The van der Waals surface area contributed by atoms with Crippen LogP contribution in [0.3, 0.4) is 0 Å². The fourth-order valence-corrected chi connectivity index (χ4v) is 4.63. The van der Waals surface area contributed by atoms with Crippen molar-refractivity contribution in [3.8, 4) is 17.1 Å². The Labute approximate surface area is 182 Å². The van der Waals surface area contributed by atoms with Crippen molar-refractivity contribution in [3.05, 3.63) is 69.0 Å². The molecule has 0 fully saturated rings. The minimum Gasteiger partial charge on any atom is -0.494 e. The fraction of sp³-hybridized carbons (Fsp3) is 0.217. The molecule has 156 valence electrons. The molecule has 31 heavy (non-hydrogen) atoms. The molecular weight excluding hydrogens is 412 g/mol. The lowest BCUT2D eigenvalue weighted by Gasteiger charge is -2.07. The number of hydrogen-bond acceptors (Lipinski definition) is 6. The van der Waals surface area contributed by atoms with E-state index in [9.17, 15) is 9.59 Å². The lowest BCUT2D eigenvalue weighted by Crippen LogP contribution is -2.30. The Bertz CT molecular complexity index is 1410. The number of carbonyl (C=O) groups is 1. The number of para-hydroxylation sites is 1. The maximum absolute atomic E-state index is 13.1. The van der Waals surface area contributed by atoms with Crippen molar-refractivity contribution in [2.75, 3.05) is 18.6 Å². The fourth-order valence-electron chi connectivity index (χ4n) is 3.63. The molecule has 4 aromatic rings. The van der Waals surface area contributed by atoms with Gasteiger partial charge >= 0.3 is 0 Å². The Balaban J connectivity index is 1.54. The van der Waals surface area contributed by atoms with Crippen LogP contribution in [-0.2, 0) is 4.79 Å². The highest BCUT2D eigenvalue weighted by Gasteiger charge is 2.31. The van der Waals surface area contributed by atoms with E-state index in [1.165, 1.54) is 15.9 Å². The van der Waals surface area contributed by atoms with Gasteiger partial charge in [0.25, 0.3) is 11.5 Å². The Morgan fingerprint density at radius 2 is 1.84 bits per heavy atom. The number of amides is 1. The second kappa shape index (κ2) is 7.63. The van der Waals surface area contributed by atoms with E-state index < -0.39 is 0 Å². The smallest absolute Gasteiger partial charge is 0.291 e. The highest BCUT2D eigenvalue weighted by molar-refractivity contribution is 7.15. The van der Waals surface area contributed by atoms with Crippen LogP contribution in [0.25, 0.3) is 21.9 Å². The summed E-state index contributed by atoms with van der Waals surface area (Å²) in [6.45, 7) is 2.81. The van der Waals surface area contributed by atoms with Crippen LogP contribution in [0.5, 0.6) is 5.75 Å². The van der Waals surface area contributed by atoms with Gasteiger partial charge in [-0.25, -0.2) is 0 Å². The molecule has 2 aromatic heterocycles. The number of benzene rings is 2. The van der Waals surface area contributed by atoms with Gasteiger partial charge in [0.2, 0.25) is 4.96 Å². The van der Waals surface area contributed by atoms with Gasteiger partial charge in [0.1, 0.15) is 10.3 Å². The van der Waals surface area contributed by atoms with Crippen molar-refractivity contribution in [2.45, 2.75) is 19.8 Å². The van der Waals surface area contributed by atoms with Gasteiger partial charge in [0.15, 0.2) is 5.82 Å². The predicted molar refractivity (Wildman–Crippen MR) is 121 cm³/mol. The molecule has 0 atom stereocenters. The lowest BCUT2D eigenvalue weighted by atomic mass is 10.1. The Morgan fingerprint density at radius 1 is 1.06 bits per heavy atom. The van der Waals surface area contributed by atoms with Crippen molar-refractivity contribution in [1.82, 2.24) is 14.6 Å². The lowest BCUT2D eigenvalue weighted by molar-refractivity contribution is -0.112. The first-order valence-corrected chi connectivity index (χ1v) is 10.9. The van der Waals surface area contributed by atoms with Crippen molar-refractivity contribution >= 4 is 33.5 Å². The quantitative estimate of drug-likeness (QED) is 0.453. The number of thiazole rings is 1. The van der Waals surface area contributed by atoms with Gasteiger partial charge in [-0.1, -0.05) is 42.9 Å². The predicted octanol–water partition coefficient (Wildman–Crippen LogP) is 2.89. The van der Waals surface area contributed by atoms with Gasteiger partial charge in [-0.2, -0.15) is 9.50 Å². The summed E-state index contributed by atoms with van der Waals surface area (Å²) < 4.78 is 7.33. The first-order chi connectivity index (χ1) is 15.1. The summed E-state index contributed by atoms with van der Waals surface area (Å²) in [7, 11) is 1.71. The second-order valence-electron chi connectivity index (χ2n) is 7.35. The number of fused-ring (bicyclic) bond motifs is 2. The van der Waals surface area contributed by atoms with Crippen molar-refractivity contribution in [1.29, 1.82) is 0 Å². The molecule has 2 aromatic carbocycles. The molecule has 1 amide bonds. The Kier molecular flexibility index (Phi) is 4.78. The van der Waals surface area contributed by atoms with Crippen LogP contribution in [0.15, 0.2) is 53.3 Å². The van der Waals surface area contributed by atoms with E-state index in [-0.39, 0.29) is 11.5 Å². The molecule has 0 radical (unpaired) electrons. The van der Waals surface area contributed by atoms with Gasteiger partial charge < -0.3 is 9.64 Å². The summed E-state index contributed by atoms with van der Waals surface area (Å²) in [6.07, 6.45) is 2.09. The molecule has 3 heterocycles. The molecule has 0 saturated carbocycles. The van der Waals surface area contributed by atoms with Gasteiger partial charge in [0.05, 0.1) is 17.9 Å². The SMILES string of the molecule is CCCCOc1ccc(-c2nc3sc(=C4C(=O)N(C)c5ccccc54)c(=O)n3n2)cc1. The molecule has 0 saturated heterocycles. The maximum Gasteiger partial charge on any atom is 0.291 e. The van der Waals surface area contributed by atoms with Crippen molar-refractivity contribution in [3.63, 3.8) is 0 Å². The third-order valence-corrected chi connectivity index (χ3v) is 6.35. The zero-order valence-corrected chi connectivity index (χ0v) is 18.0. The Morgan fingerprint density at radius 3 is 2.58 bits per heavy atom. The monoisotopic (exact) mass is 432 g/mol. The minimum atomic E-state index is -0.327. The van der Waals surface area contributed by atoms with E-state index in [0.717, 1.165) is 35.4 Å². The standard InChI is InChI=1S/C23H20N4O3S/c1-3-4-13-30-15-11-9-14(10-12-15)20-24-23-27(25-20)22(29)19(31-23)18-16-7-5-6-8-17(16)26(2)21(18)28/h5-12H,3-4,13H2,1-2H3. The molecule has 8 heteroatoms. The number of ether oxygens (including phenoxy) is 1. The Hall–Kier alpha value is -3.52. The van der Waals surface area contributed by atoms with Crippen LogP contribution in [0.1, 0.15) is 25.3 Å². The molecule has 0 aliphatic carbocycles. The number of aromatic nitrogens is 3. The van der Waals surface area contributed by atoms with Gasteiger partial charge in [-0.05, 0) is 36.8 Å². The number of likely N-dealkylation sites (N-methyl/N-ethyl adjacent to an activating group) is 1. The summed E-state index contributed by atoms with van der Waals surface area (Å²) in [4.78, 5) is 32.5. The molecule has 0 unspecified atom stereocenters. The van der Waals surface area contributed by atoms with E-state index in [1.807, 2.05) is 48.5 Å². The van der Waals surface area contributed by atoms with Crippen molar-refractivity contribution < 1.29 is 9.53 Å². The molecule has 5 rings (SSSR count). The third kappa shape index (κ3) is 3.19. The summed E-state index contributed by atoms with van der Waals surface area (Å²) in [5.41, 5.74) is 2.44. The molecule has 1 aliphatic heterocycles. The second-order valence-corrected chi connectivity index (χ2v) is 8.33. The topological polar surface area (TPSA) is 76.8 Å². The number of nitrogens with zero attached hydrogens (tertiary/aromatic N) is 4. The van der Waals surface area contributed by atoms with Gasteiger partial charge in [-0.3, -0.25) is 9.59 Å². The van der Waals surface area contributed by atoms with Crippen LogP contribution in [0.4, 0.5) is 5.69 Å². The average molecular weight is 433 g/mol. The minimum absolute atomic E-state index is 0.193. The number of unbranched alkanes of at least 4 members (excludes halogenated alkanes) is 1. The molecule has 0 bridgehead atoms. The van der Waals surface area contributed by atoms with E-state index >= 15 is 0 Å². The first-order valence-electron chi connectivity index (χ1n) is 10.1. The summed E-state index contributed by atoms with van der Waals surface area (Å²) in [5.74, 6) is 1.07. The van der Waals surface area contributed by atoms with E-state index in [4.69, 9.17) is 4.74 Å². The molecule has 7 nitrogen and oxygen atoms in total. The van der Waals surface area contributed by atoms with Crippen molar-refractivity contribution in [2.24, 2.45) is 0 Å². The highest BCUT2D eigenvalue weighted by Crippen LogP contribution is 2.33. The maximum atomic E-state index is 13.1. The zero-order chi connectivity index (χ0) is 21.5. The number of carbonyl (C=O) groups excluding carboxylic acids is 1. The largest absolute Gasteiger partial charge is 0.494 e. The van der Waals surface area contributed by atoms with Gasteiger partial charge in [-0.15, -0.1) is 5.10 Å². The summed E-state index contributed by atoms with van der Waals surface area (Å²) in [5, 5.41) is 4.40. The molecule has 1 aliphatic rings. The molecule has 0 spiro atoms. The summed E-state index contributed by atoms with van der Waals surface area (Å²) in [6, 6.07) is 15.0. The van der Waals surface area contributed by atoms with Crippen LogP contribution in [0.2, 0.25) is 0 Å². The number of hydrogen-bond donors (Lipinski definition) is 0. The first kappa shape index (κ1) is 19.4. The summed E-state index contributed by atoms with van der Waals surface area (Å²) >= 11 is 1.19. The van der Waals surface area contributed by atoms with Crippen LogP contribution in [0, 0.1) is 0 Å². The molecular formula is C23H20N4O3S.